The van der Waals surface area contributed by atoms with Gasteiger partial charge in [0.2, 0.25) is 0 Å². The molecule has 2 fully saturated rings. The summed E-state index contributed by atoms with van der Waals surface area (Å²) in [5.74, 6) is 0.629. The Hall–Kier alpha value is -1.99. The summed E-state index contributed by atoms with van der Waals surface area (Å²) in [6, 6.07) is 6.11. The van der Waals surface area contributed by atoms with Crippen LogP contribution in [-0.2, 0) is 11.8 Å². The average molecular weight is 343 g/mol. The van der Waals surface area contributed by atoms with E-state index in [4.69, 9.17) is 4.74 Å². The number of rotatable bonds is 3. The lowest BCUT2D eigenvalue weighted by Gasteiger charge is -2.34. The Morgan fingerprint density at radius 3 is 2.84 bits per heavy atom. The van der Waals surface area contributed by atoms with E-state index in [1.54, 1.807) is 4.68 Å². The molecule has 1 aromatic carbocycles. The second-order valence-electron chi connectivity index (χ2n) is 7.01. The normalized spacial score (nSPS) is 25.0. The van der Waals surface area contributed by atoms with Crippen molar-refractivity contribution >= 4 is 16.9 Å². The highest BCUT2D eigenvalue weighted by Gasteiger charge is 2.38. The number of likely N-dealkylation sites (tertiary alicyclic amines) is 1. The summed E-state index contributed by atoms with van der Waals surface area (Å²) in [7, 11) is 1.86. The molecule has 1 aromatic heterocycles. The lowest BCUT2D eigenvalue weighted by atomic mass is 9.99. The molecule has 0 radical (unpaired) electrons. The molecule has 2 atom stereocenters. The van der Waals surface area contributed by atoms with Crippen LogP contribution in [0, 0.1) is 5.92 Å². The average Bonchev–Trinajstić information content (AvgIpc) is 3.25. The molecular weight excluding hydrogens is 318 g/mol. The third-order valence-electron chi connectivity index (χ3n) is 5.59. The summed E-state index contributed by atoms with van der Waals surface area (Å²) < 4.78 is 7.20. The van der Waals surface area contributed by atoms with E-state index in [1.165, 1.54) is 0 Å². The largest absolute Gasteiger partial charge is 0.379 e. The fraction of sp³-hybridized carbons (Fsp3) is 0.611. The number of benzene rings is 1. The van der Waals surface area contributed by atoms with E-state index in [0.29, 0.717) is 17.5 Å². The predicted octanol–water partition coefficient (Wildman–Crippen LogP) is 1.15. The van der Waals surface area contributed by atoms with Gasteiger partial charge in [-0.15, -0.1) is 5.10 Å². The quantitative estimate of drug-likeness (QED) is 0.837. The first-order valence-corrected chi connectivity index (χ1v) is 9.08. The van der Waals surface area contributed by atoms with Gasteiger partial charge in [0, 0.05) is 44.8 Å². The van der Waals surface area contributed by atoms with Crippen molar-refractivity contribution in [3.05, 3.63) is 23.8 Å². The van der Waals surface area contributed by atoms with E-state index in [9.17, 15) is 4.79 Å². The molecule has 2 aliphatic rings. The number of carbonyl (C=O) groups excluding carboxylic acids is 1. The molecule has 0 aliphatic carbocycles. The van der Waals surface area contributed by atoms with Crippen molar-refractivity contribution < 1.29 is 9.53 Å². The molecule has 0 unspecified atom stereocenters. The maximum Gasteiger partial charge on any atom is 0.253 e. The van der Waals surface area contributed by atoms with E-state index >= 15 is 0 Å². The number of hydrogen-bond donors (Lipinski definition) is 0. The first kappa shape index (κ1) is 16.5. The number of hydrogen-bond acceptors (Lipinski definition) is 5. The number of amides is 1. The van der Waals surface area contributed by atoms with Crippen molar-refractivity contribution in [3.63, 3.8) is 0 Å². The van der Waals surface area contributed by atoms with Gasteiger partial charge in [-0.2, -0.15) is 0 Å². The van der Waals surface area contributed by atoms with E-state index in [2.05, 4.69) is 22.1 Å². The molecule has 0 saturated carbocycles. The molecule has 0 N–H and O–H groups in total. The van der Waals surface area contributed by atoms with Crippen LogP contribution in [0.25, 0.3) is 11.0 Å². The molecule has 3 heterocycles. The standard InChI is InChI=1S/C18H25N5O2/c1-3-13-11-23(12-17(13)22-6-8-25-9-7-22)18(24)14-4-5-16-15(10-14)19-20-21(16)2/h4-5,10,13,17H,3,6-9,11-12H2,1-2H3/t13-,17-/m0/s1. The van der Waals surface area contributed by atoms with Gasteiger partial charge >= 0.3 is 0 Å². The Balaban J connectivity index is 1.52. The molecule has 4 rings (SSSR count). The molecule has 2 saturated heterocycles. The van der Waals surface area contributed by atoms with Gasteiger partial charge in [-0.25, -0.2) is 4.68 Å². The first-order chi connectivity index (χ1) is 12.2. The Bertz CT molecular complexity index is 768. The van der Waals surface area contributed by atoms with Crippen molar-refractivity contribution in [2.45, 2.75) is 19.4 Å². The topological polar surface area (TPSA) is 63.5 Å². The van der Waals surface area contributed by atoms with Gasteiger partial charge in [-0.3, -0.25) is 9.69 Å². The molecule has 2 aliphatic heterocycles. The van der Waals surface area contributed by atoms with Crippen LogP contribution in [0.5, 0.6) is 0 Å². The molecule has 25 heavy (non-hydrogen) atoms. The molecule has 7 nitrogen and oxygen atoms in total. The Labute approximate surface area is 147 Å². The van der Waals surface area contributed by atoms with Gasteiger partial charge in [-0.1, -0.05) is 18.6 Å². The highest BCUT2D eigenvalue weighted by molar-refractivity contribution is 5.97. The maximum absolute atomic E-state index is 13.0. The van der Waals surface area contributed by atoms with Crippen LogP contribution in [0.1, 0.15) is 23.7 Å². The predicted molar refractivity (Wildman–Crippen MR) is 94.4 cm³/mol. The van der Waals surface area contributed by atoms with Gasteiger partial charge in [-0.05, 0) is 24.1 Å². The number of fused-ring (bicyclic) bond motifs is 1. The number of ether oxygens (including phenoxy) is 1. The zero-order valence-corrected chi connectivity index (χ0v) is 14.9. The number of aromatic nitrogens is 3. The summed E-state index contributed by atoms with van der Waals surface area (Å²) in [4.78, 5) is 17.5. The molecule has 0 bridgehead atoms. The second kappa shape index (κ2) is 6.72. The maximum atomic E-state index is 13.0. The van der Waals surface area contributed by atoms with Crippen LogP contribution in [0.4, 0.5) is 0 Å². The summed E-state index contributed by atoms with van der Waals surface area (Å²) in [5.41, 5.74) is 2.41. The van der Waals surface area contributed by atoms with Crippen LogP contribution >= 0.6 is 0 Å². The molecule has 134 valence electrons. The molecular formula is C18H25N5O2. The Morgan fingerprint density at radius 2 is 2.08 bits per heavy atom. The molecule has 2 aromatic rings. The smallest absolute Gasteiger partial charge is 0.253 e. The van der Waals surface area contributed by atoms with Crippen LogP contribution in [0.3, 0.4) is 0 Å². The third-order valence-corrected chi connectivity index (χ3v) is 5.59. The minimum atomic E-state index is 0.0989. The van der Waals surface area contributed by atoms with Gasteiger partial charge in [0.1, 0.15) is 5.52 Å². The number of aryl methyl sites for hydroxylation is 1. The third kappa shape index (κ3) is 3.02. The van der Waals surface area contributed by atoms with Crippen molar-refractivity contribution in [2.75, 3.05) is 39.4 Å². The highest BCUT2D eigenvalue weighted by Crippen LogP contribution is 2.27. The Kier molecular flexibility index (Phi) is 4.43. The van der Waals surface area contributed by atoms with Crippen LogP contribution in [0.2, 0.25) is 0 Å². The lowest BCUT2D eigenvalue weighted by Crippen LogP contribution is -2.47. The number of carbonyl (C=O) groups is 1. The summed E-state index contributed by atoms with van der Waals surface area (Å²) in [6.45, 7) is 7.38. The number of nitrogens with zero attached hydrogens (tertiary/aromatic N) is 5. The zero-order chi connectivity index (χ0) is 17.4. The van der Waals surface area contributed by atoms with Crippen molar-refractivity contribution in [2.24, 2.45) is 13.0 Å². The van der Waals surface area contributed by atoms with E-state index in [1.807, 2.05) is 30.1 Å². The fourth-order valence-electron chi connectivity index (χ4n) is 4.10. The molecule has 0 spiro atoms. The molecule has 7 heteroatoms. The zero-order valence-electron chi connectivity index (χ0n) is 14.9. The summed E-state index contributed by atoms with van der Waals surface area (Å²) in [5, 5.41) is 8.14. The highest BCUT2D eigenvalue weighted by atomic mass is 16.5. The van der Waals surface area contributed by atoms with Gasteiger partial charge in [0.25, 0.3) is 5.91 Å². The van der Waals surface area contributed by atoms with Crippen molar-refractivity contribution in [1.29, 1.82) is 0 Å². The summed E-state index contributed by atoms with van der Waals surface area (Å²) in [6.07, 6.45) is 1.09. The van der Waals surface area contributed by atoms with Crippen molar-refractivity contribution in [1.82, 2.24) is 24.8 Å². The van der Waals surface area contributed by atoms with E-state index in [0.717, 1.165) is 56.8 Å². The van der Waals surface area contributed by atoms with E-state index in [-0.39, 0.29) is 5.91 Å². The fourth-order valence-corrected chi connectivity index (χ4v) is 4.10. The minimum absolute atomic E-state index is 0.0989. The van der Waals surface area contributed by atoms with Gasteiger partial charge in [0.15, 0.2) is 0 Å². The number of morpholine rings is 1. The van der Waals surface area contributed by atoms with Crippen LogP contribution in [-0.4, -0.2) is 76.1 Å². The van der Waals surface area contributed by atoms with Gasteiger partial charge < -0.3 is 9.64 Å². The first-order valence-electron chi connectivity index (χ1n) is 9.08. The lowest BCUT2D eigenvalue weighted by molar-refractivity contribution is 0.0103. The summed E-state index contributed by atoms with van der Waals surface area (Å²) >= 11 is 0. The van der Waals surface area contributed by atoms with Gasteiger partial charge in [0.05, 0.1) is 18.7 Å². The second-order valence-corrected chi connectivity index (χ2v) is 7.01. The monoisotopic (exact) mass is 343 g/mol. The molecule has 1 amide bonds. The Morgan fingerprint density at radius 1 is 1.28 bits per heavy atom. The minimum Gasteiger partial charge on any atom is -0.379 e. The van der Waals surface area contributed by atoms with Crippen molar-refractivity contribution in [3.8, 4) is 0 Å². The van der Waals surface area contributed by atoms with E-state index < -0.39 is 0 Å². The SMILES string of the molecule is CC[C@H]1CN(C(=O)c2ccc3c(c2)nnn3C)C[C@@H]1N1CCOCC1. The van der Waals surface area contributed by atoms with Crippen LogP contribution < -0.4 is 0 Å². The van der Waals surface area contributed by atoms with Crippen LogP contribution in [0.15, 0.2) is 18.2 Å².